The molecule has 2 aromatic rings. The molecule has 0 fully saturated rings. The average Bonchev–Trinajstić information content (AvgIpc) is 2.54. The molecule has 0 bridgehead atoms. The Kier molecular flexibility index (Phi) is 5.88. The highest BCUT2D eigenvalue weighted by Crippen LogP contribution is 2.20. The summed E-state index contributed by atoms with van der Waals surface area (Å²) >= 11 is 0. The molecule has 2 rings (SSSR count). The molecule has 5 heteroatoms. The molecule has 0 saturated heterocycles. The lowest BCUT2D eigenvalue weighted by Gasteiger charge is -2.10. The maximum atomic E-state index is 12.3. The molecule has 0 atom stereocenters. The zero-order valence-electron chi connectivity index (χ0n) is 13.3. The second-order valence-electron chi connectivity index (χ2n) is 5.17. The summed E-state index contributed by atoms with van der Waals surface area (Å²) in [4.78, 5) is 23.7. The Morgan fingerprint density at radius 3 is 2.52 bits per heavy atom. The summed E-state index contributed by atoms with van der Waals surface area (Å²) in [6.45, 7) is 2.53. The first kappa shape index (κ1) is 16.7. The Balaban J connectivity index is 2.35. The summed E-state index contributed by atoms with van der Waals surface area (Å²) in [7, 11) is 1.81. The van der Waals surface area contributed by atoms with Crippen molar-refractivity contribution in [3.05, 3.63) is 53.7 Å². The van der Waals surface area contributed by atoms with E-state index in [1.54, 1.807) is 6.08 Å². The van der Waals surface area contributed by atoms with Gasteiger partial charge in [-0.15, -0.1) is 0 Å². The Bertz CT molecular complexity index is 733. The van der Waals surface area contributed by atoms with Crippen molar-refractivity contribution in [2.24, 2.45) is 0 Å². The summed E-state index contributed by atoms with van der Waals surface area (Å²) in [5.74, 6) is -0.580. The lowest BCUT2D eigenvalue weighted by atomic mass is 10.0. The second-order valence-corrected chi connectivity index (χ2v) is 5.17. The number of fused-ring (bicyclic) bond motifs is 1. The summed E-state index contributed by atoms with van der Waals surface area (Å²) in [5.41, 5.74) is 1.13. The highest BCUT2D eigenvalue weighted by molar-refractivity contribution is 6.03. The van der Waals surface area contributed by atoms with Crippen LogP contribution in [-0.2, 0) is 9.59 Å². The van der Waals surface area contributed by atoms with E-state index in [0.29, 0.717) is 13.1 Å². The number of amides is 2. The molecule has 0 aliphatic carbocycles. The van der Waals surface area contributed by atoms with E-state index in [1.807, 2.05) is 49.5 Å². The number of hydrogen-bond donors (Lipinski definition) is 3. The normalized spacial score (nSPS) is 11.3. The van der Waals surface area contributed by atoms with Gasteiger partial charge in [-0.25, -0.2) is 0 Å². The first-order chi connectivity index (χ1) is 11.1. The van der Waals surface area contributed by atoms with Crippen LogP contribution in [0.2, 0.25) is 0 Å². The van der Waals surface area contributed by atoms with Gasteiger partial charge in [-0.1, -0.05) is 42.5 Å². The lowest BCUT2D eigenvalue weighted by molar-refractivity contribution is -0.122. The van der Waals surface area contributed by atoms with E-state index >= 15 is 0 Å². The predicted molar refractivity (Wildman–Crippen MR) is 92.7 cm³/mol. The number of hydrogen-bond acceptors (Lipinski definition) is 3. The Labute approximate surface area is 135 Å². The fraction of sp³-hybridized carbons (Fsp3) is 0.222. The number of rotatable bonds is 6. The minimum absolute atomic E-state index is 0.241. The van der Waals surface area contributed by atoms with Crippen molar-refractivity contribution in [1.29, 1.82) is 0 Å². The molecule has 3 N–H and O–H groups in total. The van der Waals surface area contributed by atoms with Crippen LogP contribution in [-0.4, -0.2) is 32.0 Å². The Morgan fingerprint density at radius 2 is 1.78 bits per heavy atom. The molecule has 0 aliphatic rings. The van der Waals surface area contributed by atoms with Crippen LogP contribution in [0.1, 0.15) is 12.5 Å². The molecule has 2 aromatic carbocycles. The molecule has 0 heterocycles. The number of likely N-dealkylation sites (N-methyl/N-ethyl adjacent to an activating group) is 1. The topological polar surface area (TPSA) is 70.2 Å². The van der Waals surface area contributed by atoms with E-state index in [1.165, 1.54) is 6.92 Å². The summed E-state index contributed by atoms with van der Waals surface area (Å²) in [6.07, 6.45) is 1.71. The number of carbonyl (C=O) groups excluding carboxylic acids is 2. The van der Waals surface area contributed by atoms with E-state index in [0.717, 1.165) is 16.3 Å². The molecule has 2 amide bonds. The van der Waals surface area contributed by atoms with Gasteiger partial charge in [0.05, 0.1) is 0 Å². The Morgan fingerprint density at radius 1 is 1.04 bits per heavy atom. The minimum Gasteiger partial charge on any atom is -0.349 e. The summed E-state index contributed by atoms with van der Waals surface area (Å²) < 4.78 is 0. The van der Waals surface area contributed by atoms with E-state index < -0.39 is 0 Å². The van der Waals surface area contributed by atoms with E-state index in [4.69, 9.17) is 0 Å². The van der Waals surface area contributed by atoms with Crippen LogP contribution in [0.5, 0.6) is 0 Å². The zero-order chi connectivity index (χ0) is 16.7. The van der Waals surface area contributed by atoms with Crippen molar-refractivity contribution in [3.8, 4) is 0 Å². The molecule has 0 unspecified atom stereocenters. The molecule has 0 aliphatic heterocycles. The van der Waals surface area contributed by atoms with Gasteiger partial charge in [0.1, 0.15) is 5.70 Å². The monoisotopic (exact) mass is 311 g/mol. The molecule has 5 nitrogen and oxygen atoms in total. The predicted octanol–water partition coefficient (Wildman–Crippen LogP) is 1.65. The third-order valence-electron chi connectivity index (χ3n) is 3.34. The van der Waals surface area contributed by atoms with Crippen molar-refractivity contribution in [2.75, 3.05) is 20.1 Å². The van der Waals surface area contributed by atoms with Crippen molar-refractivity contribution in [3.63, 3.8) is 0 Å². The van der Waals surface area contributed by atoms with Gasteiger partial charge in [0.15, 0.2) is 0 Å². The standard InChI is InChI=1S/C18H21N3O2/c1-13(22)21-17(18(23)20-11-10-19-2)12-15-8-5-7-14-6-3-4-9-16(14)15/h3-9,12,19H,10-11H2,1-2H3,(H,20,23)(H,21,22)/b17-12-. The van der Waals surface area contributed by atoms with Gasteiger partial charge in [0.2, 0.25) is 5.91 Å². The number of nitrogens with one attached hydrogen (secondary N) is 3. The molecular weight excluding hydrogens is 290 g/mol. The van der Waals surface area contributed by atoms with Crippen LogP contribution in [0.3, 0.4) is 0 Å². The van der Waals surface area contributed by atoms with Gasteiger partial charge in [-0.05, 0) is 29.5 Å². The van der Waals surface area contributed by atoms with Crippen LogP contribution in [0.4, 0.5) is 0 Å². The molecule has 23 heavy (non-hydrogen) atoms. The number of benzene rings is 2. The maximum absolute atomic E-state index is 12.3. The SMILES string of the molecule is CNCCNC(=O)/C(=C/c1cccc2ccccc12)NC(C)=O. The van der Waals surface area contributed by atoms with E-state index in [9.17, 15) is 9.59 Å². The average molecular weight is 311 g/mol. The second kappa shape index (κ2) is 8.10. The molecular formula is C18H21N3O2. The smallest absolute Gasteiger partial charge is 0.267 e. The molecule has 0 spiro atoms. The minimum atomic E-state index is -0.302. The maximum Gasteiger partial charge on any atom is 0.267 e. The summed E-state index contributed by atoms with van der Waals surface area (Å²) in [6, 6.07) is 13.8. The quantitative estimate of drug-likeness (QED) is 0.561. The highest BCUT2D eigenvalue weighted by Gasteiger charge is 2.11. The van der Waals surface area contributed by atoms with Crippen molar-refractivity contribution < 1.29 is 9.59 Å². The van der Waals surface area contributed by atoms with E-state index in [-0.39, 0.29) is 17.5 Å². The van der Waals surface area contributed by atoms with Crippen LogP contribution in [0.15, 0.2) is 48.2 Å². The highest BCUT2D eigenvalue weighted by atomic mass is 16.2. The number of carbonyl (C=O) groups is 2. The molecule has 0 radical (unpaired) electrons. The van der Waals surface area contributed by atoms with Gasteiger partial charge in [0, 0.05) is 20.0 Å². The fourth-order valence-corrected chi connectivity index (χ4v) is 2.28. The van der Waals surface area contributed by atoms with Gasteiger partial charge in [0.25, 0.3) is 5.91 Å². The first-order valence-corrected chi connectivity index (χ1v) is 7.51. The van der Waals surface area contributed by atoms with Crippen LogP contribution in [0.25, 0.3) is 16.8 Å². The van der Waals surface area contributed by atoms with Gasteiger partial charge in [-0.2, -0.15) is 0 Å². The van der Waals surface area contributed by atoms with Crippen LogP contribution < -0.4 is 16.0 Å². The van der Waals surface area contributed by atoms with Crippen LogP contribution in [0, 0.1) is 0 Å². The van der Waals surface area contributed by atoms with Crippen molar-refractivity contribution in [2.45, 2.75) is 6.92 Å². The summed E-state index contributed by atoms with van der Waals surface area (Å²) in [5, 5.41) is 10.4. The van der Waals surface area contributed by atoms with Crippen molar-refractivity contribution >= 4 is 28.7 Å². The van der Waals surface area contributed by atoms with E-state index in [2.05, 4.69) is 16.0 Å². The largest absolute Gasteiger partial charge is 0.349 e. The third kappa shape index (κ3) is 4.66. The molecule has 0 aromatic heterocycles. The Hall–Kier alpha value is -2.66. The van der Waals surface area contributed by atoms with Crippen molar-refractivity contribution in [1.82, 2.24) is 16.0 Å². The lowest BCUT2D eigenvalue weighted by Crippen LogP contribution is -2.36. The van der Waals surface area contributed by atoms with Gasteiger partial charge < -0.3 is 16.0 Å². The molecule has 0 saturated carbocycles. The third-order valence-corrected chi connectivity index (χ3v) is 3.34. The van der Waals surface area contributed by atoms with Gasteiger partial charge in [-0.3, -0.25) is 9.59 Å². The first-order valence-electron chi connectivity index (χ1n) is 7.51. The van der Waals surface area contributed by atoms with Gasteiger partial charge >= 0.3 is 0 Å². The zero-order valence-corrected chi connectivity index (χ0v) is 13.3. The van der Waals surface area contributed by atoms with Crippen LogP contribution >= 0.6 is 0 Å². The fourth-order valence-electron chi connectivity index (χ4n) is 2.28. The molecule has 120 valence electrons.